The largest absolute Gasteiger partial charge is 0.480 e. The maximum absolute atomic E-state index is 13.1. The molecule has 5 rings (SSSR count). The van der Waals surface area contributed by atoms with Crippen LogP contribution in [0.15, 0.2) is 60.7 Å². The topological polar surface area (TPSA) is 22.1 Å². The number of benzene rings is 3. The van der Waals surface area contributed by atoms with E-state index in [1.807, 2.05) is 50.2 Å². The zero-order valence-corrected chi connectivity index (χ0v) is 17.3. The molecule has 31 heavy (non-hydrogen) atoms. The molecule has 4 aromatic rings. The first-order chi connectivity index (χ1) is 14.8. The van der Waals surface area contributed by atoms with Gasteiger partial charge in [-0.05, 0) is 67.3 Å². The highest BCUT2D eigenvalue weighted by molar-refractivity contribution is 5.95. The Morgan fingerprint density at radius 3 is 2.23 bits per heavy atom. The van der Waals surface area contributed by atoms with Gasteiger partial charge in [-0.15, -0.1) is 0 Å². The van der Waals surface area contributed by atoms with Gasteiger partial charge >= 0.3 is 6.18 Å². The molecule has 0 N–H and O–H groups in total. The quantitative estimate of drug-likeness (QED) is 0.322. The number of hydrogen-bond acceptors (Lipinski definition) is 2. The van der Waals surface area contributed by atoms with Crippen LogP contribution in [-0.2, 0) is 6.18 Å². The average molecular weight is 419 g/mol. The van der Waals surface area contributed by atoms with E-state index in [1.54, 1.807) is 0 Å². The Bertz CT molecular complexity index is 1320. The van der Waals surface area contributed by atoms with Crippen LogP contribution < -0.4 is 4.74 Å². The van der Waals surface area contributed by atoms with E-state index in [2.05, 4.69) is 6.92 Å². The number of ether oxygens (including phenoxy) is 1. The summed E-state index contributed by atoms with van der Waals surface area (Å²) in [5.41, 5.74) is 6.98. The molecular formula is C26H20F3NO. The van der Waals surface area contributed by atoms with Gasteiger partial charge < -0.3 is 4.74 Å². The van der Waals surface area contributed by atoms with Crippen LogP contribution in [0.25, 0.3) is 22.0 Å². The van der Waals surface area contributed by atoms with E-state index >= 15 is 0 Å². The number of rotatable bonds is 1. The number of nitrogens with zero attached hydrogens (tertiary/aromatic N) is 1. The first kappa shape index (κ1) is 19.6. The summed E-state index contributed by atoms with van der Waals surface area (Å²) in [5, 5.41) is 1.00. The number of hydrogen-bond donors (Lipinski definition) is 0. The van der Waals surface area contributed by atoms with Crippen molar-refractivity contribution < 1.29 is 17.9 Å². The summed E-state index contributed by atoms with van der Waals surface area (Å²) in [6.45, 7) is 6.10. The van der Waals surface area contributed by atoms with E-state index < -0.39 is 17.8 Å². The van der Waals surface area contributed by atoms with Crippen LogP contribution >= 0.6 is 0 Å². The maximum atomic E-state index is 13.1. The number of aromatic nitrogens is 1. The average Bonchev–Trinajstić information content (AvgIpc) is 2.76. The predicted molar refractivity (Wildman–Crippen MR) is 115 cm³/mol. The van der Waals surface area contributed by atoms with Crippen LogP contribution in [0.2, 0.25) is 0 Å². The molecule has 0 spiro atoms. The van der Waals surface area contributed by atoms with Gasteiger partial charge in [-0.25, -0.2) is 0 Å². The van der Waals surface area contributed by atoms with Crippen LogP contribution in [0.1, 0.15) is 39.6 Å². The van der Waals surface area contributed by atoms with E-state index in [1.165, 1.54) is 12.1 Å². The van der Waals surface area contributed by atoms with Gasteiger partial charge in [-0.2, -0.15) is 13.2 Å². The van der Waals surface area contributed by atoms with Gasteiger partial charge in [0, 0.05) is 22.2 Å². The number of fused-ring (bicyclic) bond motifs is 5. The summed E-state index contributed by atoms with van der Waals surface area (Å²) in [4.78, 5) is 4.77. The molecule has 1 aromatic heterocycles. The van der Waals surface area contributed by atoms with Crippen LogP contribution in [0.4, 0.5) is 13.2 Å². The molecule has 2 nitrogen and oxygen atoms in total. The summed E-state index contributed by atoms with van der Waals surface area (Å²) < 4.78 is 45.7. The van der Waals surface area contributed by atoms with Crippen molar-refractivity contribution in [2.45, 2.75) is 33.1 Å². The van der Waals surface area contributed by atoms with Crippen molar-refractivity contribution >= 4 is 10.9 Å². The normalized spacial score (nSPS) is 15.4. The number of halogens is 3. The summed E-state index contributed by atoms with van der Waals surface area (Å²) in [6, 6.07) is 17.1. The van der Waals surface area contributed by atoms with Crippen molar-refractivity contribution in [2.75, 3.05) is 0 Å². The Kier molecular flexibility index (Phi) is 4.33. The van der Waals surface area contributed by atoms with Gasteiger partial charge in [-0.1, -0.05) is 36.4 Å². The third kappa shape index (κ3) is 3.07. The van der Waals surface area contributed by atoms with E-state index in [0.717, 1.165) is 56.5 Å². The third-order valence-electron chi connectivity index (χ3n) is 6.22. The lowest BCUT2D eigenvalue weighted by molar-refractivity contribution is -0.137. The van der Waals surface area contributed by atoms with Crippen LogP contribution in [0.5, 0.6) is 5.75 Å². The Morgan fingerprint density at radius 2 is 1.52 bits per heavy atom. The first-order valence-electron chi connectivity index (χ1n) is 10.1. The molecule has 0 bridgehead atoms. The molecule has 0 saturated heterocycles. The molecule has 3 aromatic carbocycles. The SMILES string of the molecule is Cc1nc2ccc3c(c2c(C)c1C)C(c1ccc(C(F)(F)F)cc1)Oc1ccccc1-3. The van der Waals surface area contributed by atoms with Gasteiger partial charge in [0.2, 0.25) is 0 Å². The highest BCUT2D eigenvalue weighted by Gasteiger charge is 2.33. The van der Waals surface area contributed by atoms with Gasteiger partial charge in [0.05, 0.1) is 11.1 Å². The second kappa shape index (κ2) is 6.84. The van der Waals surface area contributed by atoms with Crippen molar-refractivity contribution in [3.05, 3.63) is 94.2 Å². The molecule has 1 unspecified atom stereocenters. The molecule has 156 valence electrons. The smallest absolute Gasteiger partial charge is 0.416 e. The molecular weight excluding hydrogens is 399 g/mol. The maximum Gasteiger partial charge on any atom is 0.416 e. The molecule has 1 atom stereocenters. The highest BCUT2D eigenvalue weighted by atomic mass is 19.4. The minimum absolute atomic E-state index is 0.529. The molecule has 0 aliphatic carbocycles. The molecule has 5 heteroatoms. The second-order valence-corrected chi connectivity index (χ2v) is 7.98. The van der Waals surface area contributed by atoms with Crippen molar-refractivity contribution in [1.29, 1.82) is 0 Å². The molecule has 0 amide bonds. The Labute approximate surface area is 178 Å². The molecule has 0 saturated carbocycles. The molecule has 1 aliphatic rings. The predicted octanol–water partition coefficient (Wildman–Crippen LogP) is 7.33. The fourth-order valence-corrected chi connectivity index (χ4v) is 4.39. The summed E-state index contributed by atoms with van der Waals surface area (Å²) in [7, 11) is 0. The van der Waals surface area contributed by atoms with Gasteiger partial charge in [-0.3, -0.25) is 4.98 Å². The third-order valence-corrected chi connectivity index (χ3v) is 6.22. The van der Waals surface area contributed by atoms with Gasteiger partial charge in [0.25, 0.3) is 0 Å². The van der Waals surface area contributed by atoms with Crippen molar-refractivity contribution in [3.63, 3.8) is 0 Å². The lowest BCUT2D eigenvalue weighted by Crippen LogP contribution is -2.17. The van der Waals surface area contributed by atoms with Crippen molar-refractivity contribution in [1.82, 2.24) is 4.98 Å². The standard InChI is InChI=1S/C26H20F3NO/c1-14-15(2)23-21(30-16(14)3)13-12-20-19-6-4-5-7-22(19)31-25(24(20)23)17-8-10-18(11-9-17)26(27,28)29/h4-13,25H,1-3H3. The fourth-order valence-electron chi connectivity index (χ4n) is 4.39. The lowest BCUT2D eigenvalue weighted by atomic mass is 9.84. The monoisotopic (exact) mass is 419 g/mol. The molecule has 1 aliphatic heterocycles. The summed E-state index contributed by atoms with van der Waals surface area (Å²) in [5.74, 6) is 0.716. The number of pyridine rings is 1. The Balaban J connectivity index is 1.80. The summed E-state index contributed by atoms with van der Waals surface area (Å²) >= 11 is 0. The van der Waals surface area contributed by atoms with Crippen LogP contribution in [0, 0.1) is 20.8 Å². The van der Waals surface area contributed by atoms with E-state index in [0.29, 0.717) is 11.3 Å². The molecule has 0 fully saturated rings. The van der Waals surface area contributed by atoms with Gasteiger partial charge in [0.1, 0.15) is 5.75 Å². The fraction of sp³-hybridized carbons (Fsp3) is 0.192. The van der Waals surface area contributed by atoms with E-state index in [9.17, 15) is 13.2 Å². The second-order valence-electron chi connectivity index (χ2n) is 7.98. The molecule has 2 heterocycles. The van der Waals surface area contributed by atoms with E-state index in [-0.39, 0.29) is 0 Å². The molecule has 0 radical (unpaired) electrons. The zero-order valence-electron chi connectivity index (χ0n) is 17.3. The minimum atomic E-state index is -4.38. The summed E-state index contributed by atoms with van der Waals surface area (Å²) in [6.07, 6.45) is -4.91. The first-order valence-corrected chi connectivity index (χ1v) is 10.1. The van der Waals surface area contributed by atoms with Crippen LogP contribution in [0.3, 0.4) is 0 Å². The lowest BCUT2D eigenvalue weighted by Gasteiger charge is -2.31. The van der Waals surface area contributed by atoms with Gasteiger partial charge in [0.15, 0.2) is 6.10 Å². The number of aryl methyl sites for hydroxylation is 2. The Morgan fingerprint density at radius 1 is 0.806 bits per heavy atom. The number of alkyl halides is 3. The zero-order chi connectivity index (χ0) is 21.9. The van der Waals surface area contributed by atoms with Crippen molar-refractivity contribution in [3.8, 4) is 16.9 Å². The Hall–Kier alpha value is -3.34. The number of para-hydroxylation sites is 1. The van der Waals surface area contributed by atoms with Crippen molar-refractivity contribution in [2.24, 2.45) is 0 Å². The highest BCUT2D eigenvalue weighted by Crippen LogP contribution is 2.48. The van der Waals surface area contributed by atoms with Crippen LogP contribution in [-0.4, -0.2) is 4.98 Å². The van der Waals surface area contributed by atoms with E-state index in [4.69, 9.17) is 9.72 Å². The minimum Gasteiger partial charge on any atom is -0.480 e.